The van der Waals surface area contributed by atoms with Crippen molar-refractivity contribution >= 4 is 35.1 Å². The summed E-state index contributed by atoms with van der Waals surface area (Å²) in [6.45, 7) is 0.0696. The van der Waals surface area contributed by atoms with Crippen molar-refractivity contribution in [1.29, 1.82) is 0 Å². The Balaban J connectivity index is 2.57. The molecule has 1 aliphatic rings. The lowest BCUT2D eigenvalue weighted by molar-refractivity contribution is -0.0367. The summed E-state index contributed by atoms with van der Waals surface area (Å²) in [6.07, 6.45) is -1.16. The van der Waals surface area contributed by atoms with Gasteiger partial charge in [-0.05, 0) is 0 Å². The highest BCUT2D eigenvalue weighted by molar-refractivity contribution is 14.2. The monoisotopic (exact) mass is 376 g/mol. The van der Waals surface area contributed by atoms with Crippen molar-refractivity contribution < 1.29 is 27.8 Å². The summed E-state index contributed by atoms with van der Waals surface area (Å²) in [4.78, 5) is 0. The van der Waals surface area contributed by atoms with E-state index in [2.05, 4.69) is 0 Å². The van der Waals surface area contributed by atoms with Gasteiger partial charge in [-0.1, -0.05) is 0 Å². The molecule has 0 aromatic heterocycles. The number of methoxy groups -OCH3 is 2. The predicted molar refractivity (Wildman–Crippen MR) is 70.6 cm³/mol. The third-order valence-corrected chi connectivity index (χ3v) is 5.41. The highest BCUT2D eigenvalue weighted by Crippen LogP contribution is 2.56. The normalized spacial score (nSPS) is 36.9. The van der Waals surface area contributed by atoms with Crippen LogP contribution in [-0.2, 0) is 27.8 Å². The fourth-order valence-electron chi connectivity index (χ4n) is 1.66. The van der Waals surface area contributed by atoms with Gasteiger partial charge in [0, 0.05) is 27.3 Å². The van der Waals surface area contributed by atoms with Crippen LogP contribution in [0.15, 0.2) is 0 Å². The maximum atomic E-state index is 11.6. The molecule has 0 aromatic rings. The Bertz CT molecular complexity index is 293. The minimum absolute atomic E-state index is 0.0696. The quantitative estimate of drug-likeness (QED) is 0.394. The molecular weight excluding hydrogens is 361 g/mol. The Morgan fingerprint density at radius 1 is 1.29 bits per heavy atom. The van der Waals surface area contributed by atoms with Gasteiger partial charge in [-0.2, -0.15) is 0 Å². The number of hydrogen-bond acceptors (Lipinski definition) is 6. The number of hydrogen-bond donors (Lipinski definition) is 0. The summed E-state index contributed by atoms with van der Waals surface area (Å²) in [6, 6.07) is -0.588. The van der Waals surface area contributed by atoms with Crippen molar-refractivity contribution in [2.24, 2.45) is 0 Å². The van der Waals surface area contributed by atoms with Crippen LogP contribution < -0.4 is 0 Å². The van der Waals surface area contributed by atoms with Gasteiger partial charge in [0.1, 0.15) is 26.2 Å². The first-order valence-electron chi connectivity index (χ1n) is 4.91. The van der Waals surface area contributed by atoms with Crippen LogP contribution >= 0.6 is 27.3 Å². The van der Waals surface area contributed by atoms with E-state index in [1.165, 1.54) is 21.3 Å². The minimum Gasteiger partial charge on any atom is -0.377 e. The Morgan fingerprint density at radius 3 is 2.35 bits per heavy atom. The first-order valence-corrected chi connectivity index (χ1v) is 9.24. The molecule has 98 valence electrons. The van der Waals surface area contributed by atoms with Gasteiger partial charge < -0.3 is 18.7 Å². The van der Waals surface area contributed by atoms with E-state index in [0.29, 0.717) is 0 Å². The van der Waals surface area contributed by atoms with E-state index in [4.69, 9.17) is 31.1 Å². The van der Waals surface area contributed by atoms with Gasteiger partial charge in [-0.3, -0.25) is 4.52 Å². The Morgan fingerprint density at radius 2 is 1.88 bits per heavy atom. The van der Waals surface area contributed by atoms with E-state index in [0.717, 1.165) is 0 Å². The van der Waals surface area contributed by atoms with E-state index in [1.807, 2.05) is 0 Å². The summed E-state index contributed by atoms with van der Waals surface area (Å²) in [5, 5.41) is -3.06. The molecule has 1 aliphatic heterocycles. The van der Waals surface area contributed by atoms with Crippen molar-refractivity contribution in [1.82, 2.24) is 0 Å². The topological polar surface area (TPSA) is 63.2 Å². The summed E-state index contributed by atoms with van der Waals surface area (Å²) in [5.41, 5.74) is 0. The van der Waals surface area contributed by atoms with E-state index >= 15 is 0 Å². The first kappa shape index (κ1) is 15.9. The smallest absolute Gasteiger partial charge is 0.377 e. The molecule has 1 rings (SSSR count). The maximum absolute atomic E-state index is 11.6. The van der Waals surface area contributed by atoms with E-state index in [1.54, 1.807) is 22.0 Å². The third kappa shape index (κ3) is 4.16. The molecule has 6 nitrogen and oxygen atoms in total. The number of ether oxygens (including phenoxy) is 3. The molecule has 1 fully saturated rings. The van der Waals surface area contributed by atoms with Crippen molar-refractivity contribution in [3.8, 4) is 0 Å². The molecule has 2 radical (unpaired) electrons. The van der Waals surface area contributed by atoms with Crippen LogP contribution in [0.25, 0.3) is 0 Å². The standard InChI is InChI=1S/C8H15BIO6P/c1-12-6-5(4-15-17(10,11)14-3)16-8(9)7(6)13-2/h5-8H,4H2,1-3H3/t5-,6+,7+,8-,17?/m1/s1. The minimum atomic E-state index is -3.06. The molecular formula is C8H15BIO6P. The molecule has 0 aromatic carbocycles. The first-order chi connectivity index (χ1) is 7.95. The molecule has 1 saturated heterocycles. The van der Waals surface area contributed by atoms with Crippen molar-refractivity contribution in [3.63, 3.8) is 0 Å². The zero-order valence-corrected chi connectivity index (χ0v) is 12.9. The average Bonchev–Trinajstić information content (AvgIpc) is 2.62. The molecule has 1 unspecified atom stereocenters. The van der Waals surface area contributed by atoms with Gasteiger partial charge in [0.2, 0.25) is 0 Å². The summed E-state index contributed by atoms with van der Waals surface area (Å²) < 4.78 is 37.3. The molecule has 17 heavy (non-hydrogen) atoms. The molecule has 0 saturated carbocycles. The Hall–Kier alpha value is 0.825. The zero-order chi connectivity index (χ0) is 13.1. The van der Waals surface area contributed by atoms with Crippen LogP contribution in [0.1, 0.15) is 0 Å². The molecule has 0 bridgehead atoms. The van der Waals surface area contributed by atoms with Crippen LogP contribution in [0.4, 0.5) is 0 Å². The highest BCUT2D eigenvalue weighted by Gasteiger charge is 2.43. The Kier molecular flexibility index (Phi) is 6.39. The fraction of sp³-hybridized carbons (Fsp3) is 1.00. The lowest BCUT2D eigenvalue weighted by Gasteiger charge is -2.21. The second-order valence-corrected chi connectivity index (χ2v) is 8.48. The molecule has 0 spiro atoms. The van der Waals surface area contributed by atoms with E-state index in [-0.39, 0.29) is 18.8 Å². The lowest BCUT2D eigenvalue weighted by atomic mass is 9.93. The van der Waals surface area contributed by atoms with Crippen LogP contribution in [0.2, 0.25) is 0 Å². The summed E-state index contributed by atoms with van der Waals surface area (Å²) in [7, 11) is 10.1. The van der Waals surface area contributed by atoms with Crippen LogP contribution in [-0.4, -0.2) is 60.1 Å². The molecule has 9 heteroatoms. The predicted octanol–water partition coefficient (Wildman–Crippen LogP) is 1.12. The SMILES string of the molecule is [B][C@@H]1O[C@H](COP(=O)(I)OC)[C@H](OC)[C@@H]1OC. The highest BCUT2D eigenvalue weighted by atomic mass is 127. The molecule has 0 aliphatic carbocycles. The van der Waals surface area contributed by atoms with Gasteiger partial charge in [-0.15, -0.1) is 0 Å². The van der Waals surface area contributed by atoms with Crippen molar-refractivity contribution in [2.75, 3.05) is 27.9 Å². The maximum Gasteiger partial charge on any atom is 0.388 e. The van der Waals surface area contributed by atoms with Crippen molar-refractivity contribution in [3.05, 3.63) is 0 Å². The second kappa shape index (κ2) is 6.84. The summed E-state index contributed by atoms with van der Waals surface area (Å²) in [5.74, 6) is 0. The van der Waals surface area contributed by atoms with Gasteiger partial charge in [0.15, 0.2) is 0 Å². The summed E-state index contributed by atoms with van der Waals surface area (Å²) >= 11 is 1.62. The van der Waals surface area contributed by atoms with E-state index in [9.17, 15) is 4.57 Å². The largest absolute Gasteiger partial charge is 0.388 e. The van der Waals surface area contributed by atoms with Crippen molar-refractivity contribution in [2.45, 2.75) is 24.3 Å². The number of rotatable bonds is 6. The van der Waals surface area contributed by atoms with Crippen LogP contribution in [0.5, 0.6) is 0 Å². The fourth-order valence-corrected chi connectivity index (χ4v) is 2.57. The molecule has 0 N–H and O–H groups in total. The second-order valence-electron chi connectivity index (χ2n) is 3.45. The molecule has 0 amide bonds. The van der Waals surface area contributed by atoms with E-state index < -0.39 is 17.3 Å². The van der Waals surface area contributed by atoms with Crippen LogP contribution in [0.3, 0.4) is 0 Å². The van der Waals surface area contributed by atoms with Gasteiger partial charge in [0.25, 0.3) is 0 Å². The van der Waals surface area contributed by atoms with Gasteiger partial charge in [0.05, 0.1) is 28.6 Å². The number of halogens is 1. The molecule has 1 heterocycles. The third-order valence-electron chi connectivity index (χ3n) is 2.50. The van der Waals surface area contributed by atoms with Crippen LogP contribution in [0, 0.1) is 0 Å². The average molecular weight is 376 g/mol. The molecule has 5 atom stereocenters. The van der Waals surface area contributed by atoms with Gasteiger partial charge in [-0.25, -0.2) is 4.57 Å². The van der Waals surface area contributed by atoms with Gasteiger partial charge >= 0.3 is 5.24 Å². The zero-order valence-electron chi connectivity index (χ0n) is 9.87. The Labute approximate surface area is 115 Å². The lowest BCUT2D eigenvalue weighted by Crippen LogP contribution is -2.37.